The predicted molar refractivity (Wildman–Crippen MR) is 162 cm³/mol. The number of rotatable bonds is 11. The van der Waals surface area contributed by atoms with Crippen LogP contribution in [0.15, 0.2) is 48.1 Å². The number of aryl methyl sites for hydroxylation is 1. The van der Waals surface area contributed by atoms with Gasteiger partial charge in [0.15, 0.2) is 23.7 Å². The van der Waals surface area contributed by atoms with E-state index in [0.29, 0.717) is 18.4 Å². The molecule has 0 heterocycles. The van der Waals surface area contributed by atoms with Crippen LogP contribution in [0, 0.1) is 32.8 Å². The van der Waals surface area contributed by atoms with E-state index in [2.05, 4.69) is 10.2 Å². The summed E-state index contributed by atoms with van der Waals surface area (Å²) < 4.78 is 27.4. The van der Waals surface area contributed by atoms with Crippen LogP contribution in [0.3, 0.4) is 0 Å². The molecule has 5 rings (SSSR count). The van der Waals surface area contributed by atoms with E-state index in [9.17, 15) is 44.6 Å². The largest absolute Gasteiger partial charge is 0.456 e. The van der Waals surface area contributed by atoms with Crippen LogP contribution in [0.25, 0.3) is 0 Å². The van der Waals surface area contributed by atoms with Crippen molar-refractivity contribution in [2.75, 3.05) is 19.8 Å². The van der Waals surface area contributed by atoms with Gasteiger partial charge in [0.05, 0.1) is 18.8 Å². The molecular weight excluding hydrogens is 635 g/mol. The minimum absolute atomic E-state index is 0.0296. The van der Waals surface area contributed by atoms with Gasteiger partial charge in [-0.05, 0) is 68.7 Å². The Kier molecular flexibility index (Phi) is 9.51. The van der Waals surface area contributed by atoms with Gasteiger partial charge in [-0.2, -0.15) is 0 Å². The van der Waals surface area contributed by atoms with Gasteiger partial charge in [0.1, 0.15) is 12.3 Å². The lowest BCUT2D eigenvalue weighted by Gasteiger charge is -2.61. The minimum atomic E-state index is -2.48. The number of ether oxygens (including phenoxy) is 2. The van der Waals surface area contributed by atoms with E-state index in [-0.39, 0.29) is 43.8 Å². The average molecular weight is 675 g/mol. The van der Waals surface area contributed by atoms with Crippen LogP contribution in [0.2, 0.25) is 0 Å². The summed E-state index contributed by atoms with van der Waals surface area (Å²) in [5.74, 6) is -3.73. The molecule has 0 aliphatic heterocycles. The number of ketones is 2. The monoisotopic (exact) mass is 674 g/mol. The molecular formula is C33H39FN2O12. The molecule has 0 radical (unpaired) electrons. The Hall–Kier alpha value is -4.21. The number of hydrogen-bond acceptors (Lipinski definition) is 12. The molecule has 4 N–H and O–H groups in total. The van der Waals surface area contributed by atoms with Crippen molar-refractivity contribution in [2.45, 2.75) is 75.9 Å². The predicted octanol–water partition coefficient (Wildman–Crippen LogP) is 2.10. The fraction of sp³-hybridized carbons (Fsp3) is 0.576. The number of aliphatic hydroxyl groups excluding tert-OH is 2. The number of amides is 1. The summed E-state index contributed by atoms with van der Waals surface area (Å²) in [5, 5.41) is 45.8. The Morgan fingerprint density at radius 1 is 1.17 bits per heavy atom. The summed E-state index contributed by atoms with van der Waals surface area (Å²) in [6.45, 7) is 1.40. The molecule has 8 atom stereocenters. The number of aliphatic hydroxyl groups is 3. The number of halogens is 1. The minimum Gasteiger partial charge on any atom is -0.456 e. The number of nitrogens with zero attached hydrogens (tertiary/aromatic N) is 1. The standard InChI is InChI=1S/C33H39FN2O12/c1-30-11-10-21(37)14-20(30)8-9-23-24-15-25(38)33(43,31(24,2)16-26(39)32(23,30)34)27(40)18-46-28(41)17-35-29(42)48-22-7-3-5-19(13-22)6-4-12-47-36(44)45/h3,5,7-8,10-11,13,23-26,38-39,43H,4,6,9,12,14-18H2,1-2H3,(H,35,42)/t23-,24-,25+,26-,30-,31-,32-,33-/m0/s1. The zero-order valence-electron chi connectivity index (χ0n) is 26.6. The molecule has 2 saturated carbocycles. The number of carbonyl (C=O) groups excluding carboxylic acids is 4. The lowest BCUT2D eigenvalue weighted by Crippen LogP contribution is -2.69. The van der Waals surface area contributed by atoms with Crippen LogP contribution in [-0.4, -0.2) is 87.3 Å². The lowest BCUT2D eigenvalue weighted by molar-refractivity contribution is -0.757. The average Bonchev–Trinajstić information content (AvgIpc) is 3.23. The zero-order valence-corrected chi connectivity index (χ0v) is 26.6. The molecule has 1 amide bonds. The first-order chi connectivity index (χ1) is 22.6. The smallest absolute Gasteiger partial charge is 0.413 e. The number of alkyl halides is 1. The summed E-state index contributed by atoms with van der Waals surface area (Å²) in [7, 11) is 0. The van der Waals surface area contributed by atoms with Crippen molar-refractivity contribution in [3.8, 4) is 5.75 Å². The summed E-state index contributed by atoms with van der Waals surface area (Å²) >= 11 is 0. The highest BCUT2D eigenvalue weighted by Gasteiger charge is 2.76. The second-order valence-electron chi connectivity index (χ2n) is 13.4. The third kappa shape index (κ3) is 5.87. The maximum absolute atomic E-state index is 17.3. The van der Waals surface area contributed by atoms with Gasteiger partial charge in [-0.1, -0.05) is 36.8 Å². The Balaban J connectivity index is 1.17. The van der Waals surface area contributed by atoms with Gasteiger partial charge in [-0.15, -0.1) is 10.1 Å². The Bertz CT molecular complexity index is 1560. The molecule has 1 aromatic rings. The molecule has 4 aliphatic rings. The van der Waals surface area contributed by atoms with Crippen molar-refractivity contribution in [3.05, 3.63) is 63.7 Å². The van der Waals surface area contributed by atoms with Crippen LogP contribution in [0.5, 0.6) is 5.75 Å². The molecule has 0 spiro atoms. The number of hydrogen-bond donors (Lipinski definition) is 4. The summed E-state index contributed by atoms with van der Waals surface area (Å²) in [6, 6.07) is 6.36. The normalized spacial score (nSPS) is 35.0. The van der Waals surface area contributed by atoms with Gasteiger partial charge in [-0.25, -0.2) is 9.18 Å². The summed E-state index contributed by atoms with van der Waals surface area (Å²) in [6.07, 6.45) is 0.697. The van der Waals surface area contributed by atoms with E-state index in [1.165, 1.54) is 31.2 Å². The number of carbonyl (C=O) groups is 4. The van der Waals surface area contributed by atoms with E-state index in [4.69, 9.17) is 9.47 Å². The van der Waals surface area contributed by atoms with E-state index < -0.39 is 82.2 Å². The molecule has 1 aromatic carbocycles. The van der Waals surface area contributed by atoms with E-state index in [1.807, 2.05) is 0 Å². The first-order valence-electron chi connectivity index (χ1n) is 15.8. The van der Waals surface area contributed by atoms with E-state index in [0.717, 1.165) is 5.56 Å². The van der Waals surface area contributed by atoms with Crippen LogP contribution >= 0.6 is 0 Å². The van der Waals surface area contributed by atoms with Gasteiger partial charge in [0.25, 0.3) is 5.09 Å². The maximum atomic E-state index is 17.3. The maximum Gasteiger partial charge on any atom is 0.413 e. The van der Waals surface area contributed by atoms with Gasteiger partial charge in [-0.3, -0.25) is 14.4 Å². The highest BCUT2D eigenvalue weighted by molar-refractivity contribution is 5.94. The number of esters is 1. The highest BCUT2D eigenvalue weighted by atomic mass is 19.1. The Labute approximate surface area is 275 Å². The third-order valence-electron chi connectivity index (χ3n) is 10.9. The number of Topliss-reactive ketones (excluding diaryl/α,β-unsaturated/α-hetero) is 1. The molecule has 48 heavy (non-hydrogen) atoms. The molecule has 0 saturated heterocycles. The van der Waals surface area contributed by atoms with Gasteiger partial charge in [0, 0.05) is 23.2 Å². The quantitative estimate of drug-likeness (QED) is 0.0874. The zero-order chi connectivity index (χ0) is 35.1. The second-order valence-corrected chi connectivity index (χ2v) is 13.4. The second kappa shape index (κ2) is 13.0. The van der Waals surface area contributed by atoms with Crippen molar-refractivity contribution in [1.29, 1.82) is 0 Å². The molecule has 0 bridgehead atoms. The van der Waals surface area contributed by atoms with E-state index >= 15 is 4.39 Å². The van der Waals surface area contributed by atoms with Crippen molar-refractivity contribution < 1.29 is 58.3 Å². The highest BCUT2D eigenvalue weighted by Crippen LogP contribution is 2.69. The number of fused-ring (bicyclic) bond motifs is 5. The number of allylic oxidation sites excluding steroid dienone is 4. The molecule has 15 heteroatoms. The molecule has 2 fully saturated rings. The van der Waals surface area contributed by atoms with Crippen molar-refractivity contribution in [3.63, 3.8) is 0 Å². The topological polar surface area (TPSA) is 212 Å². The summed E-state index contributed by atoms with van der Waals surface area (Å²) in [5.41, 5.74) is -6.19. The van der Waals surface area contributed by atoms with Crippen molar-refractivity contribution in [2.24, 2.45) is 22.7 Å². The molecule has 14 nitrogen and oxygen atoms in total. The fourth-order valence-electron chi connectivity index (χ4n) is 8.41. The number of benzene rings is 1. The fourth-order valence-corrected chi connectivity index (χ4v) is 8.41. The SMILES string of the molecule is C[C@]12C=CC(=O)CC1=CC[C@H]1[C@@H]3C[C@@H](O)[C@](O)(C(=O)COC(=O)CNC(=O)Oc4cccc(CCCO[N+](=O)[O-])c4)[C@@]3(C)C[C@H](O)[C@@]12F. The van der Waals surface area contributed by atoms with Gasteiger partial charge in [0.2, 0.25) is 5.78 Å². The first kappa shape index (κ1) is 35.1. The third-order valence-corrected chi connectivity index (χ3v) is 10.9. The molecule has 0 aromatic heterocycles. The van der Waals surface area contributed by atoms with Crippen LogP contribution < -0.4 is 10.1 Å². The Morgan fingerprint density at radius 2 is 1.92 bits per heavy atom. The molecule has 0 unspecified atom stereocenters. The van der Waals surface area contributed by atoms with Crippen molar-refractivity contribution >= 4 is 23.6 Å². The number of nitrogens with one attached hydrogen (secondary N) is 1. The summed E-state index contributed by atoms with van der Waals surface area (Å²) in [4.78, 5) is 64.7. The first-order valence-corrected chi connectivity index (χ1v) is 15.8. The van der Waals surface area contributed by atoms with Crippen LogP contribution in [0.4, 0.5) is 9.18 Å². The Morgan fingerprint density at radius 3 is 2.65 bits per heavy atom. The van der Waals surface area contributed by atoms with Gasteiger partial charge < -0.3 is 34.9 Å². The van der Waals surface area contributed by atoms with E-state index in [1.54, 1.807) is 25.1 Å². The lowest BCUT2D eigenvalue weighted by atomic mass is 9.45. The van der Waals surface area contributed by atoms with Crippen LogP contribution in [0.1, 0.15) is 51.5 Å². The van der Waals surface area contributed by atoms with Crippen LogP contribution in [-0.2, 0) is 30.4 Å². The molecule has 4 aliphatic carbocycles. The van der Waals surface area contributed by atoms with Crippen molar-refractivity contribution in [1.82, 2.24) is 5.32 Å². The molecule has 260 valence electrons. The van der Waals surface area contributed by atoms with Gasteiger partial charge >= 0.3 is 12.1 Å².